The Kier molecular flexibility index (Phi) is 7.89. The van der Waals surface area contributed by atoms with E-state index in [1.165, 1.54) is 19.1 Å². The number of amides is 1. The van der Waals surface area contributed by atoms with Crippen LogP contribution in [0.3, 0.4) is 0 Å². The Balaban J connectivity index is 1.87. The van der Waals surface area contributed by atoms with E-state index in [1.54, 1.807) is 18.2 Å². The van der Waals surface area contributed by atoms with Crippen molar-refractivity contribution in [2.45, 2.75) is 19.3 Å². The number of ether oxygens (including phenoxy) is 2. The summed E-state index contributed by atoms with van der Waals surface area (Å²) < 4.78 is 89.1. The third-order valence-corrected chi connectivity index (χ3v) is 4.60. The van der Waals surface area contributed by atoms with Crippen molar-refractivity contribution < 1.29 is 45.4 Å². The quantitative estimate of drug-likeness (QED) is 0.358. The van der Waals surface area contributed by atoms with Crippen LogP contribution in [0.1, 0.15) is 28.5 Å². The van der Waals surface area contributed by atoms with E-state index < -0.39 is 64.7 Å². The van der Waals surface area contributed by atoms with Gasteiger partial charge in [0.1, 0.15) is 0 Å². The molecule has 37 heavy (non-hydrogen) atoms. The predicted octanol–water partition coefficient (Wildman–Crippen LogP) is 4.46. The van der Waals surface area contributed by atoms with Crippen molar-refractivity contribution >= 4 is 17.6 Å². The van der Waals surface area contributed by atoms with E-state index in [9.17, 15) is 40.7 Å². The number of halogens is 6. The van der Waals surface area contributed by atoms with Gasteiger partial charge in [0.25, 0.3) is 11.5 Å². The lowest BCUT2D eigenvalue weighted by Gasteiger charge is -2.15. The zero-order chi connectivity index (χ0) is 27.4. The van der Waals surface area contributed by atoms with Crippen LogP contribution in [-0.4, -0.2) is 34.9 Å². The van der Waals surface area contributed by atoms with Crippen LogP contribution in [0.2, 0.25) is 0 Å². The fourth-order valence-corrected chi connectivity index (χ4v) is 3.01. The number of nitrogens with one attached hydrogen (secondary N) is 1. The Hall–Kier alpha value is -4.36. The third kappa shape index (κ3) is 6.86. The molecule has 0 aliphatic rings. The Morgan fingerprint density at radius 3 is 2.08 bits per heavy atom. The molecule has 196 valence electrons. The summed E-state index contributed by atoms with van der Waals surface area (Å²) in [6.07, 6.45) is -10.2. The summed E-state index contributed by atoms with van der Waals surface area (Å²) in [4.78, 5) is 37.2. The maximum Gasteiger partial charge on any atom is 0.416 e. The molecule has 1 N–H and O–H groups in total. The van der Waals surface area contributed by atoms with Crippen LogP contribution in [0, 0.1) is 0 Å². The molecule has 0 saturated carbocycles. The fraction of sp³-hybridized carbons (Fsp3) is 0.217. The summed E-state index contributed by atoms with van der Waals surface area (Å²) in [6.45, 7) is 0.450. The highest BCUT2D eigenvalue weighted by Crippen LogP contribution is 2.37. The van der Waals surface area contributed by atoms with Gasteiger partial charge in [-0.25, -0.2) is 4.79 Å². The standard InChI is InChI=1S/C23H17F6N3O5/c1-2-36-21(35)20-17(11-19(34)32(31-20)16-6-4-3-5-7-16)37-12-18(33)30-15-9-13(22(24,25)26)8-14(10-15)23(27,28)29/h3-11H,2,12H2,1H3,(H,30,33). The van der Waals surface area contributed by atoms with Crippen LogP contribution in [0.25, 0.3) is 5.69 Å². The molecule has 0 fully saturated rings. The van der Waals surface area contributed by atoms with Crippen molar-refractivity contribution in [2.24, 2.45) is 0 Å². The molecule has 0 unspecified atom stereocenters. The predicted molar refractivity (Wildman–Crippen MR) is 116 cm³/mol. The number of carbonyl (C=O) groups is 2. The summed E-state index contributed by atoms with van der Waals surface area (Å²) in [7, 11) is 0. The molecule has 0 aliphatic heterocycles. The topological polar surface area (TPSA) is 99.5 Å². The van der Waals surface area contributed by atoms with Crippen molar-refractivity contribution in [3.05, 3.63) is 81.8 Å². The van der Waals surface area contributed by atoms with E-state index >= 15 is 0 Å². The summed E-state index contributed by atoms with van der Waals surface area (Å²) in [6, 6.07) is 9.35. The third-order valence-electron chi connectivity index (χ3n) is 4.60. The Morgan fingerprint density at radius 1 is 0.946 bits per heavy atom. The van der Waals surface area contributed by atoms with E-state index in [-0.39, 0.29) is 12.7 Å². The minimum absolute atomic E-state index is 0.0675. The number of alkyl halides is 6. The van der Waals surface area contributed by atoms with E-state index in [4.69, 9.17) is 9.47 Å². The fourth-order valence-electron chi connectivity index (χ4n) is 3.01. The molecule has 0 aliphatic carbocycles. The van der Waals surface area contributed by atoms with Gasteiger partial charge in [-0.05, 0) is 37.3 Å². The summed E-state index contributed by atoms with van der Waals surface area (Å²) in [5.74, 6) is -2.66. The smallest absolute Gasteiger partial charge is 0.416 e. The van der Waals surface area contributed by atoms with Gasteiger partial charge in [0, 0.05) is 5.69 Å². The van der Waals surface area contributed by atoms with Gasteiger partial charge >= 0.3 is 18.3 Å². The lowest BCUT2D eigenvalue weighted by atomic mass is 10.1. The van der Waals surface area contributed by atoms with E-state index in [0.717, 1.165) is 10.7 Å². The number of benzene rings is 2. The minimum atomic E-state index is -5.11. The first-order valence-electron chi connectivity index (χ1n) is 10.4. The highest BCUT2D eigenvalue weighted by molar-refractivity contribution is 5.93. The average Bonchev–Trinajstić information content (AvgIpc) is 2.82. The molecular formula is C23H17F6N3O5. The number of anilines is 1. The Labute approximate surface area is 204 Å². The van der Waals surface area contributed by atoms with Crippen molar-refractivity contribution in [3.8, 4) is 11.4 Å². The zero-order valence-electron chi connectivity index (χ0n) is 18.8. The molecule has 1 aromatic heterocycles. The monoisotopic (exact) mass is 529 g/mol. The van der Waals surface area contributed by atoms with Crippen LogP contribution < -0.4 is 15.6 Å². The van der Waals surface area contributed by atoms with E-state index in [0.29, 0.717) is 17.8 Å². The van der Waals surface area contributed by atoms with E-state index in [2.05, 4.69) is 5.10 Å². The number of hydrogen-bond acceptors (Lipinski definition) is 6. The molecule has 0 bridgehead atoms. The maximum atomic E-state index is 13.0. The molecule has 1 heterocycles. The second kappa shape index (κ2) is 10.7. The zero-order valence-corrected chi connectivity index (χ0v) is 18.8. The second-order valence-electron chi connectivity index (χ2n) is 7.29. The van der Waals surface area contributed by atoms with Gasteiger partial charge in [0.15, 0.2) is 12.4 Å². The maximum absolute atomic E-state index is 13.0. The van der Waals surface area contributed by atoms with Gasteiger partial charge < -0.3 is 14.8 Å². The second-order valence-corrected chi connectivity index (χ2v) is 7.29. The van der Waals surface area contributed by atoms with Crippen LogP contribution in [0.4, 0.5) is 32.0 Å². The molecule has 14 heteroatoms. The van der Waals surface area contributed by atoms with Crippen molar-refractivity contribution in [1.29, 1.82) is 0 Å². The van der Waals surface area contributed by atoms with Gasteiger partial charge in [-0.2, -0.15) is 36.1 Å². The number of nitrogens with zero attached hydrogens (tertiary/aromatic N) is 2. The van der Waals surface area contributed by atoms with Crippen molar-refractivity contribution in [1.82, 2.24) is 9.78 Å². The Bertz CT molecular complexity index is 1320. The van der Waals surface area contributed by atoms with Gasteiger partial charge in [0.2, 0.25) is 5.69 Å². The summed E-state index contributed by atoms with van der Waals surface area (Å²) >= 11 is 0. The molecule has 3 rings (SSSR count). The molecule has 0 radical (unpaired) electrons. The number of hydrogen-bond donors (Lipinski definition) is 1. The summed E-state index contributed by atoms with van der Waals surface area (Å²) in [5.41, 5.74) is -5.00. The molecule has 8 nitrogen and oxygen atoms in total. The average molecular weight is 529 g/mol. The number of para-hydroxylation sites is 1. The molecule has 0 atom stereocenters. The first-order chi connectivity index (χ1) is 17.3. The molecular weight excluding hydrogens is 512 g/mol. The van der Waals surface area contributed by atoms with Crippen LogP contribution >= 0.6 is 0 Å². The van der Waals surface area contributed by atoms with Crippen molar-refractivity contribution in [3.63, 3.8) is 0 Å². The van der Waals surface area contributed by atoms with Crippen molar-refractivity contribution in [2.75, 3.05) is 18.5 Å². The highest BCUT2D eigenvalue weighted by Gasteiger charge is 2.37. The van der Waals surface area contributed by atoms with Crippen LogP contribution in [-0.2, 0) is 21.9 Å². The lowest BCUT2D eigenvalue weighted by molar-refractivity contribution is -0.143. The van der Waals surface area contributed by atoms with Crippen LogP contribution in [0.5, 0.6) is 5.75 Å². The Morgan fingerprint density at radius 2 is 1.54 bits per heavy atom. The molecule has 1 amide bonds. The number of esters is 1. The number of rotatable bonds is 7. The molecule has 0 saturated heterocycles. The largest absolute Gasteiger partial charge is 0.481 e. The number of carbonyl (C=O) groups excluding carboxylic acids is 2. The summed E-state index contributed by atoms with van der Waals surface area (Å²) in [5, 5.41) is 5.80. The molecule has 3 aromatic rings. The first kappa shape index (κ1) is 27.2. The van der Waals surface area contributed by atoms with Crippen LogP contribution in [0.15, 0.2) is 59.4 Å². The van der Waals surface area contributed by atoms with Gasteiger partial charge in [-0.15, -0.1) is 0 Å². The van der Waals surface area contributed by atoms with Gasteiger partial charge in [-0.1, -0.05) is 18.2 Å². The minimum Gasteiger partial charge on any atom is -0.481 e. The number of aromatic nitrogens is 2. The van der Waals surface area contributed by atoms with E-state index in [1.807, 2.05) is 5.32 Å². The molecule has 0 spiro atoms. The van der Waals surface area contributed by atoms with Gasteiger partial charge in [-0.3, -0.25) is 9.59 Å². The lowest BCUT2D eigenvalue weighted by Crippen LogP contribution is -2.27. The first-order valence-corrected chi connectivity index (χ1v) is 10.4. The highest BCUT2D eigenvalue weighted by atomic mass is 19.4. The molecule has 2 aromatic carbocycles. The van der Waals surface area contributed by atoms with Gasteiger partial charge in [0.05, 0.1) is 29.5 Å². The SMILES string of the molecule is CCOC(=O)c1nn(-c2ccccc2)c(=O)cc1OCC(=O)Nc1cc(C(F)(F)F)cc(C(F)(F)F)c1. The normalized spacial score (nSPS) is 11.6.